The molecule has 0 radical (unpaired) electrons. The number of hydrogen-bond acceptors (Lipinski definition) is 1. The van der Waals surface area contributed by atoms with Gasteiger partial charge < -0.3 is 5.11 Å². The number of carboxylic acid groups (broad SMARTS) is 1. The fourth-order valence-corrected chi connectivity index (χ4v) is 0.794. The van der Waals surface area contributed by atoms with E-state index in [1.165, 1.54) is 0 Å². The summed E-state index contributed by atoms with van der Waals surface area (Å²) in [5, 5.41) is 8.29. The van der Waals surface area contributed by atoms with Crippen molar-refractivity contribution >= 4 is 5.97 Å². The normalized spacial score (nSPS) is 13.8. The highest BCUT2D eigenvalue weighted by Gasteiger charge is 1.90. The zero-order chi connectivity index (χ0) is 8.81. The highest BCUT2D eigenvalue weighted by molar-refractivity contribution is 5.79. The van der Waals surface area contributed by atoms with Crippen molar-refractivity contribution in [2.24, 2.45) is 0 Å². The van der Waals surface area contributed by atoms with Crippen molar-refractivity contribution in [3.63, 3.8) is 0 Å². The molecule has 0 amide bonds. The number of aliphatic carboxylic acids is 1. The molecule has 12 heavy (non-hydrogen) atoms. The summed E-state index contributed by atoms with van der Waals surface area (Å²) in [5.74, 6) is -0.921. The van der Waals surface area contributed by atoms with E-state index in [2.05, 4.69) is 11.5 Å². The Morgan fingerprint density at radius 1 is 1.67 bits per heavy atom. The maximum atomic E-state index is 10.1. The molecular weight excluding hydrogens is 152 g/mol. The first kappa shape index (κ1) is 8.35. The van der Waals surface area contributed by atoms with Crippen LogP contribution in [0.3, 0.4) is 0 Å². The molecule has 0 aromatic heterocycles. The van der Waals surface area contributed by atoms with Crippen LogP contribution in [-0.4, -0.2) is 11.1 Å². The molecule has 0 aliphatic heterocycles. The van der Waals surface area contributed by atoms with E-state index in [1.807, 2.05) is 12.2 Å². The van der Waals surface area contributed by atoms with Gasteiger partial charge in [0.2, 0.25) is 0 Å². The Bertz CT molecular complexity index is 333. The topological polar surface area (TPSA) is 37.3 Å². The Hall–Kier alpha value is -1.75. The van der Waals surface area contributed by atoms with Gasteiger partial charge in [-0.2, -0.15) is 0 Å². The third kappa shape index (κ3) is 2.89. The first-order valence-corrected chi connectivity index (χ1v) is 3.56. The molecule has 0 heterocycles. The van der Waals surface area contributed by atoms with Crippen molar-refractivity contribution in [3.8, 4) is 0 Å². The van der Waals surface area contributed by atoms with E-state index in [-0.39, 0.29) is 0 Å². The lowest BCUT2D eigenvalue weighted by molar-refractivity contribution is -0.131. The molecule has 0 saturated carbocycles. The predicted octanol–water partition coefficient (Wildman–Crippen LogP) is 1.82. The molecule has 1 aliphatic carbocycles. The zero-order valence-electron chi connectivity index (χ0n) is 6.45. The van der Waals surface area contributed by atoms with Gasteiger partial charge >= 0.3 is 5.97 Å². The summed E-state index contributed by atoms with van der Waals surface area (Å²) in [6.45, 7) is 0. The zero-order valence-corrected chi connectivity index (χ0v) is 6.45. The lowest BCUT2D eigenvalue weighted by Crippen LogP contribution is -1.85. The predicted molar refractivity (Wildman–Crippen MR) is 45.6 cm³/mol. The smallest absolute Gasteiger partial charge is 0.327 e. The van der Waals surface area contributed by atoms with Crippen molar-refractivity contribution in [1.29, 1.82) is 0 Å². The van der Waals surface area contributed by atoms with E-state index in [0.29, 0.717) is 6.42 Å². The molecule has 0 atom stereocenters. The summed E-state index contributed by atoms with van der Waals surface area (Å²) in [4.78, 5) is 10.1. The fourth-order valence-electron chi connectivity index (χ4n) is 0.794. The number of hydrogen-bond donors (Lipinski definition) is 1. The highest BCUT2D eigenvalue weighted by atomic mass is 16.4. The van der Waals surface area contributed by atoms with Crippen molar-refractivity contribution in [2.45, 2.75) is 6.42 Å². The first-order valence-electron chi connectivity index (χ1n) is 3.56. The molecule has 60 valence electrons. The first-order chi connectivity index (χ1) is 5.79. The highest BCUT2D eigenvalue weighted by Crippen LogP contribution is 2.04. The van der Waals surface area contributed by atoms with Crippen LogP contribution in [0.15, 0.2) is 47.4 Å². The Balaban J connectivity index is 2.54. The third-order valence-corrected chi connectivity index (χ3v) is 1.31. The average molecular weight is 160 g/mol. The van der Waals surface area contributed by atoms with E-state index in [0.717, 1.165) is 11.6 Å². The molecule has 0 bridgehead atoms. The summed E-state index contributed by atoms with van der Waals surface area (Å²) < 4.78 is 0. The molecule has 0 spiro atoms. The monoisotopic (exact) mass is 160 g/mol. The standard InChI is InChI=1S/C10H8O2/c11-10(12)8-4-7-9-5-2-1-3-6-9/h1-2,4-5,8H,7H2,(H,11,12)/b8-4+. The van der Waals surface area contributed by atoms with Crippen LogP contribution >= 0.6 is 0 Å². The molecule has 0 unspecified atom stereocenters. The van der Waals surface area contributed by atoms with Crippen LogP contribution in [-0.2, 0) is 4.79 Å². The second-order valence-corrected chi connectivity index (χ2v) is 2.27. The second kappa shape index (κ2) is 4.20. The van der Waals surface area contributed by atoms with Crippen molar-refractivity contribution in [3.05, 3.63) is 47.4 Å². The van der Waals surface area contributed by atoms with Crippen LogP contribution in [0.4, 0.5) is 0 Å². The maximum absolute atomic E-state index is 10.1. The van der Waals surface area contributed by atoms with E-state index in [1.54, 1.807) is 12.2 Å². The van der Waals surface area contributed by atoms with Gasteiger partial charge in [-0.15, -0.1) is 0 Å². The quantitative estimate of drug-likeness (QED) is 0.505. The summed E-state index contributed by atoms with van der Waals surface area (Å²) in [6, 6.07) is 0. The van der Waals surface area contributed by atoms with Gasteiger partial charge in [0.15, 0.2) is 0 Å². The van der Waals surface area contributed by atoms with Crippen LogP contribution in [0.1, 0.15) is 6.42 Å². The van der Waals surface area contributed by atoms with E-state index >= 15 is 0 Å². The van der Waals surface area contributed by atoms with E-state index in [9.17, 15) is 4.79 Å². The van der Waals surface area contributed by atoms with E-state index < -0.39 is 5.97 Å². The molecule has 1 N–H and O–H groups in total. The molecule has 2 heteroatoms. The Labute approximate surface area is 70.5 Å². The number of carbonyl (C=O) groups is 1. The maximum Gasteiger partial charge on any atom is 0.327 e. The molecule has 0 aromatic rings. The Morgan fingerprint density at radius 3 is 3.08 bits per heavy atom. The largest absolute Gasteiger partial charge is 0.478 e. The van der Waals surface area contributed by atoms with Gasteiger partial charge in [0.05, 0.1) is 0 Å². The van der Waals surface area contributed by atoms with Gasteiger partial charge in [0, 0.05) is 11.6 Å². The van der Waals surface area contributed by atoms with Crippen molar-refractivity contribution in [1.82, 2.24) is 0 Å². The lowest BCUT2D eigenvalue weighted by Gasteiger charge is -1.91. The van der Waals surface area contributed by atoms with Crippen LogP contribution in [0.5, 0.6) is 0 Å². The van der Waals surface area contributed by atoms with Gasteiger partial charge in [-0.25, -0.2) is 4.79 Å². The number of rotatable bonds is 3. The van der Waals surface area contributed by atoms with Crippen LogP contribution < -0.4 is 0 Å². The number of allylic oxidation sites excluding steroid dienone is 5. The van der Waals surface area contributed by atoms with Crippen molar-refractivity contribution < 1.29 is 9.90 Å². The molecule has 1 aliphatic rings. The molecule has 1 rings (SSSR count). The van der Waals surface area contributed by atoms with Gasteiger partial charge in [-0.3, -0.25) is 0 Å². The van der Waals surface area contributed by atoms with Crippen LogP contribution in [0, 0.1) is 0 Å². The van der Waals surface area contributed by atoms with Crippen LogP contribution in [0.2, 0.25) is 0 Å². The average Bonchev–Trinajstić information content (AvgIpc) is 2.05. The minimum atomic E-state index is -0.921. The van der Waals surface area contributed by atoms with Gasteiger partial charge in [0.1, 0.15) is 0 Å². The molecule has 0 saturated heterocycles. The van der Waals surface area contributed by atoms with Crippen LogP contribution in [0.25, 0.3) is 0 Å². The van der Waals surface area contributed by atoms with E-state index in [4.69, 9.17) is 5.11 Å². The molecule has 2 nitrogen and oxygen atoms in total. The van der Waals surface area contributed by atoms with Gasteiger partial charge in [0.25, 0.3) is 0 Å². The second-order valence-electron chi connectivity index (χ2n) is 2.27. The summed E-state index contributed by atoms with van der Waals surface area (Å²) in [5.41, 5.74) is 6.61. The fraction of sp³-hybridized carbons (Fsp3) is 0.100. The third-order valence-electron chi connectivity index (χ3n) is 1.31. The van der Waals surface area contributed by atoms with Crippen molar-refractivity contribution in [2.75, 3.05) is 0 Å². The van der Waals surface area contributed by atoms with Gasteiger partial charge in [-0.1, -0.05) is 23.6 Å². The summed E-state index contributed by atoms with van der Waals surface area (Å²) in [6.07, 6.45) is 8.78. The SMILES string of the molecule is O=C(O)/C=C/CC1=C=C=CC=C1. The Kier molecular flexibility index (Phi) is 2.92. The molecule has 0 fully saturated rings. The minimum absolute atomic E-state index is 0.587. The summed E-state index contributed by atoms with van der Waals surface area (Å²) >= 11 is 0. The molecular formula is C10H8O2. The number of carboxylic acids is 1. The Morgan fingerprint density at radius 2 is 2.50 bits per heavy atom. The minimum Gasteiger partial charge on any atom is -0.478 e. The van der Waals surface area contributed by atoms with Gasteiger partial charge in [-0.05, 0) is 18.6 Å². The lowest BCUT2D eigenvalue weighted by atomic mass is 10.1. The molecule has 0 aromatic carbocycles. The summed E-state index contributed by atoms with van der Waals surface area (Å²) in [7, 11) is 0.